The summed E-state index contributed by atoms with van der Waals surface area (Å²) in [7, 11) is 0. The molecule has 2 saturated carbocycles. The lowest BCUT2D eigenvalue weighted by atomic mass is 9.76. The van der Waals surface area contributed by atoms with Gasteiger partial charge in [0, 0.05) is 12.3 Å². The van der Waals surface area contributed by atoms with Crippen LogP contribution in [0, 0.1) is 11.3 Å². The number of hydrogen-bond donors (Lipinski definition) is 0. The van der Waals surface area contributed by atoms with Crippen molar-refractivity contribution in [3.8, 4) is 0 Å². The Hall–Kier alpha value is -1.31. The predicted molar refractivity (Wildman–Crippen MR) is 70.1 cm³/mol. The van der Waals surface area contributed by atoms with Gasteiger partial charge in [0.1, 0.15) is 6.10 Å². The van der Waals surface area contributed by atoms with Crippen molar-refractivity contribution in [2.75, 3.05) is 0 Å². The smallest absolute Gasteiger partial charge is 0.302 e. The fourth-order valence-corrected chi connectivity index (χ4v) is 3.97. The highest BCUT2D eigenvalue weighted by atomic mass is 16.5. The van der Waals surface area contributed by atoms with Crippen LogP contribution in [0.3, 0.4) is 0 Å². The topological polar surface area (TPSA) is 26.3 Å². The molecule has 2 aliphatic carbocycles. The van der Waals surface area contributed by atoms with Gasteiger partial charge < -0.3 is 4.74 Å². The first-order valence-corrected chi connectivity index (χ1v) is 6.89. The molecule has 0 spiro atoms. The minimum absolute atomic E-state index is 0.125. The number of esters is 1. The summed E-state index contributed by atoms with van der Waals surface area (Å²) < 4.78 is 5.58. The standard InChI is InChI=1S/C16H20O2/c1-12(17)18-15-9-14-7-8-16(15,11-14)10-13-5-3-2-4-6-13/h2-6,14-15H,7-11H2,1H3/t14-,15-,16+/m1/s1. The van der Waals surface area contributed by atoms with Gasteiger partial charge in [-0.2, -0.15) is 0 Å². The second-order valence-electron chi connectivity index (χ2n) is 5.97. The average Bonchev–Trinajstić information content (AvgIpc) is 2.87. The van der Waals surface area contributed by atoms with E-state index in [2.05, 4.69) is 30.3 Å². The Bertz CT molecular complexity index is 440. The molecular formula is C16H20O2. The van der Waals surface area contributed by atoms with Crippen molar-refractivity contribution in [1.82, 2.24) is 0 Å². The lowest BCUT2D eigenvalue weighted by molar-refractivity contribution is -0.152. The van der Waals surface area contributed by atoms with Crippen molar-refractivity contribution in [2.45, 2.75) is 45.1 Å². The maximum atomic E-state index is 11.2. The van der Waals surface area contributed by atoms with Gasteiger partial charge in [0.15, 0.2) is 0 Å². The highest BCUT2D eigenvalue weighted by Crippen LogP contribution is 2.56. The molecule has 0 aromatic heterocycles. The third-order valence-electron chi connectivity index (χ3n) is 4.68. The number of carbonyl (C=O) groups excluding carboxylic acids is 1. The number of ether oxygens (including phenoxy) is 1. The maximum Gasteiger partial charge on any atom is 0.302 e. The molecule has 2 nitrogen and oxygen atoms in total. The van der Waals surface area contributed by atoms with Gasteiger partial charge in [-0.25, -0.2) is 0 Å². The van der Waals surface area contributed by atoms with Crippen LogP contribution in [-0.2, 0) is 16.0 Å². The van der Waals surface area contributed by atoms with Crippen LogP contribution in [0.2, 0.25) is 0 Å². The molecule has 3 rings (SSSR count). The van der Waals surface area contributed by atoms with Crippen LogP contribution in [0.25, 0.3) is 0 Å². The first kappa shape index (κ1) is 11.8. The van der Waals surface area contributed by atoms with Gasteiger partial charge in [0.2, 0.25) is 0 Å². The summed E-state index contributed by atoms with van der Waals surface area (Å²) in [5.41, 5.74) is 1.59. The average molecular weight is 244 g/mol. The summed E-state index contributed by atoms with van der Waals surface area (Å²) in [4.78, 5) is 11.2. The van der Waals surface area contributed by atoms with Crippen molar-refractivity contribution < 1.29 is 9.53 Å². The third kappa shape index (κ3) is 2.05. The number of hydrogen-bond acceptors (Lipinski definition) is 2. The van der Waals surface area contributed by atoms with E-state index >= 15 is 0 Å². The van der Waals surface area contributed by atoms with E-state index in [-0.39, 0.29) is 17.5 Å². The Morgan fingerprint density at radius 3 is 2.83 bits per heavy atom. The lowest BCUT2D eigenvalue weighted by Crippen LogP contribution is -2.35. The quantitative estimate of drug-likeness (QED) is 0.762. The zero-order valence-electron chi connectivity index (χ0n) is 10.9. The zero-order valence-corrected chi connectivity index (χ0v) is 10.9. The van der Waals surface area contributed by atoms with Crippen LogP contribution in [0.5, 0.6) is 0 Å². The van der Waals surface area contributed by atoms with E-state index in [4.69, 9.17) is 4.74 Å². The Labute approximate surface area is 108 Å². The van der Waals surface area contributed by atoms with Crippen molar-refractivity contribution in [3.63, 3.8) is 0 Å². The monoisotopic (exact) mass is 244 g/mol. The van der Waals surface area contributed by atoms with E-state index in [1.807, 2.05) is 0 Å². The number of fused-ring (bicyclic) bond motifs is 2. The van der Waals surface area contributed by atoms with Gasteiger partial charge in [-0.05, 0) is 43.6 Å². The molecule has 1 aromatic carbocycles. The minimum atomic E-state index is -0.125. The second kappa shape index (κ2) is 4.42. The Balaban J connectivity index is 1.80. The molecule has 0 aliphatic heterocycles. The molecule has 0 N–H and O–H groups in total. The molecule has 2 aliphatic rings. The minimum Gasteiger partial charge on any atom is -0.462 e. The van der Waals surface area contributed by atoms with E-state index in [1.54, 1.807) is 0 Å². The molecule has 0 amide bonds. The van der Waals surface area contributed by atoms with Gasteiger partial charge in [-0.1, -0.05) is 30.3 Å². The Kier molecular flexibility index (Phi) is 2.89. The summed E-state index contributed by atoms with van der Waals surface area (Å²) in [6.45, 7) is 1.53. The first-order chi connectivity index (χ1) is 8.68. The first-order valence-electron chi connectivity index (χ1n) is 6.89. The predicted octanol–water partition coefficient (Wildman–Crippen LogP) is 3.35. The van der Waals surface area contributed by atoms with Gasteiger partial charge in [0.25, 0.3) is 0 Å². The van der Waals surface area contributed by atoms with Gasteiger partial charge in [-0.3, -0.25) is 4.79 Å². The van der Waals surface area contributed by atoms with Crippen molar-refractivity contribution in [2.24, 2.45) is 11.3 Å². The summed E-state index contributed by atoms with van der Waals surface area (Å²) in [6, 6.07) is 10.6. The molecule has 96 valence electrons. The molecule has 2 fully saturated rings. The van der Waals surface area contributed by atoms with Crippen molar-refractivity contribution >= 4 is 5.97 Å². The zero-order chi connectivity index (χ0) is 12.6. The number of carbonyl (C=O) groups is 1. The van der Waals surface area contributed by atoms with Crippen molar-refractivity contribution in [1.29, 1.82) is 0 Å². The molecule has 0 heterocycles. The summed E-state index contributed by atoms with van der Waals surface area (Å²) in [6.07, 6.45) is 6.04. The van der Waals surface area contributed by atoms with Crippen LogP contribution in [-0.4, -0.2) is 12.1 Å². The van der Waals surface area contributed by atoms with Crippen LogP contribution < -0.4 is 0 Å². The van der Waals surface area contributed by atoms with Crippen LogP contribution in [0.1, 0.15) is 38.2 Å². The number of rotatable bonds is 3. The van der Waals surface area contributed by atoms with E-state index < -0.39 is 0 Å². The largest absolute Gasteiger partial charge is 0.462 e. The van der Waals surface area contributed by atoms with E-state index in [0.29, 0.717) is 0 Å². The maximum absolute atomic E-state index is 11.2. The van der Waals surface area contributed by atoms with E-state index in [1.165, 1.54) is 31.7 Å². The Morgan fingerprint density at radius 2 is 2.17 bits per heavy atom. The normalized spacial score (nSPS) is 33.6. The summed E-state index contributed by atoms with van der Waals surface area (Å²) in [5, 5.41) is 0. The second-order valence-corrected chi connectivity index (χ2v) is 5.97. The molecule has 3 atom stereocenters. The van der Waals surface area contributed by atoms with E-state index in [9.17, 15) is 4.79 Å². The molecule has 0 radical (unpaired) electrons. The third-order valence-corrected chi connectivity index (χ3v) is 4.68. The number of benzene rings is 1. The molecular weight excluding hydrogens is 224 g/mol. The van der Waals surface area contributed by atoms with Crippen LogP contribution in [0.15, 0.2) is 30.3 Å². The van der Waals surface area contributed by atoms with Gasteiger partial charge >= 0.3 is 5.97 Å². The van der Waals surface area contributed by atoms with Crippen LogP contribution >= 0.6 is 0 Å². The summed E-state index contributed by atoms with van der Waals surface area (Å²) in [5.74, 6) is 0.651. The highest BCUT2D eigenvalue weighted by molar-refractivity contribution is 5.66. The lowest BCUT2D eigenvalue weighted by Gasteiger charge is -2.34. The van der Waals surface area contributed by atoms with Gasteiger partial charge in [-0.15, -0.1) is 0 Å². The molecule has 0 saturated heterocycles. The Morgan fingerprint density at radius 1 is 1.39 bits per heavy atom. The van der Waals surface area contributed by atoms with E-state index in [0.717, 1.165) is 18.8 Å². The van der Waals surface area contributed by atoms with Crippen LogP contribution in [0.4, 0.5) is 0 Å². The fraction of sp³-hybridized carbons (Fsp3) is 0.562. The molecule has 2 bridgehead atoms. The fourth-order valence-electron chi connectivity index (χ4n) is 3.97. The van der Waals surface area contributed by atoms with Gasteiger partial charge in [0.05, 0.1) is 0 Å². The molecule has 2 heteroatoms. The molecule has 1 aromatic rings. The highest BCUT2D eigenvalue weighted by Gasteiger charge is 2.53. The summed E-state index contributed by atoms with van der Waals surface area (Å²) >= 11 is 0. The SMILES string of the molecule is CC(=O)O[C@@H]1C[C@H]2CC[C@]1(Cc1ccccc1)C2. The molecule has 0 unspecified atom stereocenters. The van der Waals surface area contributed by atoms with Crippen molar-refractivity contribution in [3.05, 3.63) is 35.9 Å². The molecule has 18 heavy (non-hydrogen) atoms.